The fourth-order valence-electron chi connectivity index (χ4n) is 2.41. The molecule has 2 aromatic carbocycles. The van der Waals surface area contributed by atoms with Crippen LogP contribution in [0.2, 0.25) is 0 Å². The number of phenols is 1. The van der Waals surface area contributed by atoms with Crippen molar-refractivity contribution in [2.75, 3.05) is 0 Å². The zero-order valence-electron chi connectivity index (χ0n) is 12.2. The van der Waals surface area contributed by atoms with E-state index in [1.54, 1.807) is 41.0 Å². The maximum absolute atomic E-state index is 12.5. The van der Waals surface area contributed by atoms with Gasteiger partial charge in [-0.1, -0.05) is 30.3 Å². The minimum Gasteiger partial charge on any atom is -0.507 e. The van der Waals surface area contributed by atoms with Gasteiger partial charge in [0.05, 0.1) is 10.9 Å². The van der Waals surface area contributed by atoms with Crippen molar-refractivity contribution in [2.45, 2.75) is 13.5 Å². The third kappa shape index (κ3) is 2.51. The van der Waals surface area contributed by atoms with E-state index < -0.39 is 0 Å². The number of para-hydroxylation sites is 2. The second-order valence-electron chi connectivity index (χ2n) is 4.93. The average molecular weight is 292 g/mol. The van der Waals surface area contributed by atoms with E-state index in [9.17, 15) is 9.90 Å². The van der Waals surface area contributed by atoms with Crippen molar-refractivity contribution in [3.05, 3.63) is 70.3 Å². The van der Waals surface area contributed by atoms with E-state index in [1.165, 1.54) is 0 Å². The maximum Gasteiger partial charge on any atom is 0.261 e. The van der Waals surface area contributed by atoms with E-state index in [-0.39, 0.29) is 11.3 Å². The highest BCUT2D eigenvalue weighted by molar-refractivity contribution is 5.79. The first-order valence-corrected chi connectivity index (χ1v) is 7.16. The van der Waals surface area contributed by atoms with Gasteiger partial charge in [0, 0.05) is 12.1 Å². The van der Waals surface area contributed by atoms with Gasteiger partial charge in [-0.05, 0) is 37.3 Å². The highest BCUT2D eigenvalue weighted by Gasteiger charge is 2.07. The first kappa shape index (κ1) is 14.1. The number of phenolic OH excluding ortho intramolecular Hbond substituents is 1. The summed E-state index contributed by atoms with van der Waals surface area (Å²) in [5, 5.41) is 10.4. The second-order valence-corrected chi connectivity index (χ2v) is 4.93. The first-order chi connectivity index (χ1) is 10.7. The average Bonchev–Trinajstić information content (AvgIpc) is 2.54. The summed E-state index contributed by atoms with van der Waals surface area (Å²) in [6.45, 7) is 2.45. The van der Waals surface area contributed by atoms with Gasteiger partial charge in [0.2, 0.25) is 0 Å². The highest BCUT2D eigenvalue weighted by Crippen LogP contribution is 2.18. The van der Waals surface area contributed by atoms with Gasteiger partial charge in [-0.25, -0.2) is 4.98 Å². The van der Waals surface area contributed by atoms with Crippen LogP contribution in [0.15, 0.2) is 53.3 Å². The van der Waals surface area contributed by atoms with Crippen molar-refractivity contribution in [3.63, 3.8) is 0 Å². The van der Waals surface area contributed by atoms with Crippen LogP contribution in [0.5, 0.6) is 5.75 Å². The smallest absolute Gasteiger partial charge is 0.261 e. The van der Waals surface area contributed by atoms with Crippen LogP contribution >= 0.6 is 0 Å². The van der Waals surface area contributed by atoms with Gasteiger partial charge in [0.15, 0.2) is 0 Å². The first-order valence-electron chi connectivity index (χ1n) is 7.16. The molecule has 0 saturated carbocycles. The van der Waals surface area contributed by atoms with Gasteiger partial charge in [-0.15, -0.1) is 0 Å². The SMILES string of the molecule is CCn1c(C=Cc2ccccc2O)nc2ccccc2c1=O. The van der Waals surface area contributed by atoms with Crippen molar-refractivity contribution < 1.29 is 5.11 Å². The molecule has 4 heteroatoms. The normalized spacial score (nSPS) is 11.3. The van der Waals surface area contributed by atoms with Crippen LogP contribution < -0.4 is 5.56 Å². The summed E-state index contributed by atoms with van der Waals surface area (Å²) < 4.78 is 1.62. The van der Waals surface area contributed by atoms with Gasteiger partial charge in [0.1, 0.15) is 11.6 Å². The van der Waals surface area contributed by atoms with Crippen LogP contribution in [0, 0.1) is 0 Å². The molecule has 0 saturated heterocycles. The molecule has 0 aliphatic rings. The number of hydrogen-bond acceptors (Lipinski definition) is 3. The van der Waals surface area contributed by atoms with E-state index in [2.05, 4.69) is 4.98 Å². The van der Waals surface area contributed by atoms with E-state index in [0.717, 1.165) is 0 Å². The number of hydrogen-bond donors (Lipinski definition) is 1. The molecule has 0 aliphatic heterocycles. The Bertz CT molecular complexity index is 910. The lowest BCUT2D eigenvalue weighted by molar-refractivity contribution is 0.474. The maximum atomic E-state index is 12.5. The molecule has 0 amide bonds. The number of benzene rings is 2. The number of fused-ring (bicyclic) bond motifs is 1. The molecular weight excluding hydrogens is 276 g/mol. The fraction of sp³-hybridized carbons (Fsp3) is 0.111. The van der Waals surface area contributed by atoms with Crippen LogP contribution in [0.3, 0.4) is 0 Å². The Labute approximate surface area is 128 Å². The van der Waals surface area contributed by atoms with E-state index in [4.69, 9.17) is 0 Å². The zero-order valence-corrected chi connectivity index (χ0v) is 12.2. The van der Waals surface area contributed by atoms with Crippen LogP contribution in [0.4, 0.5) is 0 Å². The molecule has 0 radical (unpaired) electrons. The molecule has 1 heterocycles. The molecule has 110 valence electrons. The second kappa shape index (κ2) is 5.85. The standard InChI is InChI=1S/C18H16N2O2/c1-2-20-17(12-11-13-7-3-6-10-16(13)21)19-15-9-5-4-8-14(15)18(20)22/h3-12,21H,2H2,1H3. The van der Waals surface area contributed by atoms with Crippen LogP contribution in [-0.4, -0.2) is 14.7 Å². The van der Waals surface area contributed by atoms with Crippen LogP contribution in [0.1, 0.15) is 18.3 Å². The third-order valence-electron chi connectivity index (χ3n) is 3.56. The van der Waals surface area contributed by atoms with Crippen LogP contribution in [-0.2, 0) is 6.54 Å². The molecular formula is C18H16N2O2. The molecule has 3 aromatic rings. The minimum atomic E-state index is -0.0509. The molecule has 0 spiro atoms. The topological polar surface area (TPSA) is 55.1 Å². The Kier molecular flexibility index (Phi) is 3.74. The highest BCUT2D eigenvalue weighted by atomic mass is 16.3. The quantitative estimate of drug-likeness (QED) is 0.806. The Morgan fingerprint density at radius 1 is 1.09 bits per heavy atom. The van der Waals surface area contributed by atoms with Crippen molar-refractivity contribution >= 4 is 23.1 Å². The molecule has 0 atom stereocenters. The fourth-order valence-corrected chi connectivity index (χ4v) is 2.41. The van der Waals surface area contributed by atoms with Crippen LogP contribution in [0.25, 0.3) is 23.1 Å². The summed E-state index contributed by atoms with van der Waals surface area (Å²) in [6, 6.07) is 14.4. The molecule has 0 bridgehead atoms. The molecule has 0 unspecified atom stereocenters. The summed E-state index contributed by atoms with van der Waals surface area (Å²) in [6.07, 6.45) is 3.52. The van der Waals surface area contributed by atoms with Crippen molar-refractivity contribution in [3.8, 4) is 5.75 Å². The minimum absolute atomic E-state index is 0.0509. The van der Waals surface area contributed by atoms with Crippen molar-refractivity contribution in [1.82, 2.24) is 9.55 Å². The van der Waals surface area contributed by atoms with E-state index in [1.807, 2.05) is 31.2 Å². The van der Waals surface area contributed by atoms with Gasteiger partial charge >= 0.3 is 0 Å². The summed E-state index contributed by atoms with van der Waals surface area (Å²) in [4.78, 5) is 17.0. The Balaban J connectivity index is 2.14. The summed E-state index contributed by atoms with van der Waals surface area (Å²) >= 11 is 0. The largest absolute Gasteiger partial charge is 0.507 e. The molecule has 0 fully saturated rings. The number of aromatic hydroxyl groups is 1. The Morgan fingerprint density at radius 2 is 1.82 bits per heavy atom. The van der Waals surface area contributed by atoms with Gasteiger partial charge in [0.25, 0.3) is 5.56 Å². The van der Waals surface area contributed by atoms with Gasteiger partial charge in [-0.2, -0.15) is 0 Å². The summed E-state index contributed by atoms with van der Waals surface area (Å²) in [7, 11) is 0. The number of nitrogens with zero attached hydrogens (tertiary/aromatic N) is 2. The van der Waals surface area contributed by atoms with Crippen molar-refractivity contribution in [2.24, 2.45) is 0 Å². The zero-order chi connectivity index (χ0) is 15.5. The Morgan fingerprint density at radius 3 is 2.59 bits per heavy atom. The third-order valence-corrected chi connectivity index (χ3v) is 3.56. The van der Waals surface area contributed by atoms with Crippen molar-refractivity contribution in [1.29, 1.82) is 0 Å². The van der Waals surface area contributed by atoms with E-state index >= 15 is 0 Å². The predicted octanol–water partition coefficient (Wildman–Crippen LogP) is 3.29. The molecule has 0 aliphatic carbocycles. The summed E-state index contributed by atoms with van der Waals surface area (Å²) in [5.74, 6) is 0.777. The van der Waals surface area contributed by atoms with Gasteiger partial charge in [-0.3, -0.25) is 9.36 Å². The van der Waals surface area contributed by atoms with E-state index in [0.29, 0.717) is 28.8 Å². The Hall–Kier alpha value is -2.88. The number of rotatable bonds is 3. The lowest BCUT2D eigenvalue weighted by Gasteiger charge is -2.08. The van der Waals surface area contributed by atoms with Gasteiger partial charge < -0.3 is 5.11 Å². The molecule has 4 nitrogen and oxygen atoms in total. The monoisotopic (exact) mass is 292 g/mol. The molecule has 3 rings (SSSR count). The molecule has 1 N–H and O–H groups in total. The molecule has 22 heavy (non-hydrogen) atoms. The predicted molar refractivity (Wildman–Crippen MR) is 88.7 cm³/mol. The summed E-state index contributed by atoms with van der Waals surface area (Å²) in [5.41, 5.74) is 1.31. The lowest BCUT2D eigenvalue weighted by atomic mass is 10.2. The lowest BCUT2D eigenvalue weighted by Crippen LogP contribution is -2.22. The molecule has 1 aromatic heterocycles. The number of aromatic nitrogens is 2.